The summed E-state index contributed by atoms with van der Waals surface area (Å²) in [6.07, 6.45) is 0.430. The average Bonchev–Trinajstić information content (AvgIpc) is 3.51. The SMILES string of the molecule is CC1(COc2cc(NC(=O)c3cccnc3Nc3ccc4cn[nH]c4c3)cc(C(F)(F)F)c2)CCCN1. The molecule has 1 aliphatic rings. The molecule has 1 fully saturated rings. The zero-order valence-electron chi connectivity index (χ0n) is 19.9. The van der Waals surface area contributed by atoms with Crippen LogP contribution in [0.2, 0.25) is 0 Å². The molecule has 0 saturated carbocycles. The Balaban J connectivity index is 1.38. The number of halogens is 3. The number of pyridine rings is 1. The topological polar surface area (TPSA) is 104 Å². The van der Waals surface area contributed by atoms with E-state index in [0.717, 1.165) is 42.4 Å². The summed E-state index contributed by atoms with van der Waals surface area (Å²) >= 11 is 0. The lowest BCUT2D eigenvalue weighted by atomic mass is 10.0. The third kappa shape index (κ3) is 5.67. The number of carbonyl (C=O) groups excluding carboxylic acids is 1. The smallest absolute Gasteiger partial charge is 0.416 e. The number of anilines is 3. The van der Waals surface area contributed by atoms with E-state index in [4.69, 9.17) is 4.74 Å². The number of amides is 1. The predicted octanol–water partition coefficient (Wildman–Crippen LogP) is 5.49. The number of aromatic amines is 1. The quantitative estimate of drug-likeness (QED) is 0.262. The Kier molecular flexibility index (Phi) is 6.46. The van der Waals surface area contributed by atoms with Gasteiger partial charge in [-0.25, -0.2) is 4.98 Å². The van der Waals surface area contributed by atoms with Gasteiger partial charge in [-0.2, -0.15) is 18.3 Å². The fourth-order valence-corrected chi connectivity index (χ4v) is 4.28. The molecular weight excluding hydrogens is 485 g/mol. The summed E-state index contributed by atoms with van der Waals surface area (Å²) in [7, 11) is 0. The first-order chi connectivity index (χ1) is 17.7. The summed E-state index contributed by atoms with van der Waals surface area (Å²) in [4.78, 5) is 17.4. The summed E-state index contributed by atoms with van der Waals surface area (Å²) in [6.45, 7) is 3.01. The first-order valence-corrected chi connectivity index (χ1v) is 11.8. The monoisotopic (exact) mass is 510 g/mol. The molecule has 3 heterocycles. The third-order valence-corrected chi connectivity index (χ3v) is 6.26. The average molecular weight is 511 g/mol. The highest BCUT2D eigenvalue weighted by Crippen LogP contribution is 2.35. The number of aromatic nitrogens is 3. The minimum atomic E-state index is -4.61. The van der Waals surface area contributed by atoms with Gasteiger partial charge in [-0.1, -0.05) is 0 Å². The lowest BCUT2D eigenvalue weighted by Gasteiger charge is -2.25. The van der Waals surface area contributed by atoms with Crippen LogP contribution in [0, 0.1) is 0 Å². The number of nitrogens with one attached hydrogen (secondary N) is 4. The molecule has 192 valence electrons. The maximum Gasteiger partial charge on any atom is 0.416 e. The number of carbonyl (C=O) groups is 1. The van der Waals surface area contributed by atoms with E-state index in [1.165, 1.54) is 18.3 Å². The second kappa shape index (κ2) is 9.74. The third-order valence-electron chi connectivity index (χ3n) is 6.26. The van der Waals surface area contributed by atoms with Crippen LogP contribution >= 0.6 is 0 Å². The van der Waals surface area contributed by atoms with E-state index in [2.05, 4.69) is 31.1 Å². The van der Waals surface area contributed by atoms with Gasteiger partial charge in [0.05, 0.1) is 22.8 Å². The van der Waals surface area contributed by atoms with Gasteiger partial charge < -0.3 is 20.7 Å². The summed E-state index contributed by atoms with van der Waals surface area (Å²) in [6, 6.07) is 11.8. The van der Waals surface area contributed by atoms with Crippen molar-refractivity contribution < 1.29 is 22.7 Å². The van der Waals surface area contributed by atoms with E-state index in [1.807, 2.05) is 25.1 Å². The predicted molar refractivity (Wildman–Crippen MR) is 134 cm³/mol. The van der Waals surface area contributed by atoms with Crippen molar-refractivity contribution in [1.29, 1.82) is 0 Å². The van der Waals surface area contributed by atoms with Crippen molar-refractivity contribution in [3.63, 3.8) is 0 Å². The van der Waals surface area contributed by atoms with Crippen LogP contribution in [0.1, 0.15) is 35.7 Å². The Labute approximate surface area is 210 Å². The molecule has 0 bridgehead atoms. The largest absolute Gasteiger partial charge is 0.492 e. The van der Waals surface area contributed by atoms with Gasteiger partial charge in [0.2, 0.25) is 0 Å². The van der Waals surface area contributed by atoms with Crippen molar-refractivity contribution in [2.75, 3.05) is 23.8 Å². The van der Waals surface area contributed by atoms with E-state index in [1.54, 1.807) is 12.3 Å². The van der Waals surface area contributed by atoms with Crippen molar-refractivity contribution in [2.45, 2.75) is 31.5 Å². The van der Waals surface area contributed by atoms with Gasteiger partial charge in [0.25, 0.3) is 5.91 Å². The zero-order chi connectivity index (χ0) is 26.0. The molecule has 8 nitrogen and oxygen atoms in total. The standard InChI is InChI=1S/C26H25F3N6O2/c1-25(7-3-9-31-25)15-37-20-11-17(26(27,28)29)10-19(12-20)34-24(36)21-4-2-8-30-23(21)33-18-6-5-16-14-32-35-22(16)13-18/h2,4-6,8,10-14,31H,3,7,9,15H2,1H3,(H,30,33)(H,32,35)(H,34,36). The fraction of sp³-hybridized carbons (Fsp3) is 0.269. The van der Waals surface area contributed by atoms with E-state index in [0.29, 0.717) is 5.69 Å². The number of nitrogens with zero attached hydrogens (tertiary/aromatic N) is 2. The summed E-state index contributed by atoms with van der Waals surface area (Å²) < 4.78 is 46.6. The molecule has 1 amide bonds. The van der Waals surface area contributed by atoms with Crippen LogP contribution in [0.15, 0.2) is 60.9 Å². The van der Waals surface area contributed by atoms with Gasteiger partial charge in [0.15, 0.2) is 0 Å². The maximum atomic E-state index is 13.6. The molecule has 5 rings (SSSR count). The Morgan fingerprint density at radius 3 is 2.81 bits per heavy atom. The fourth-order valence-electron chi connectivity index (χ4n) is 4.28. The molecular formula is C26H25F3N6O2. The van der Waals surface area contributed by atoms with Crippen LogP contribution in [0.5, 0.6) is 5.75 Å². The summed E-state index contributed by atoms with van der Waals surface area (Å²) in [5.41, 5.74) is 0.357. The maximum absolute atomic E-state index is 13.6. The van der Waals surface area contributed by atoms with Crippen molar-refractivity contribution >= 4 is 34.0 Å². The highest BCUT2D eigenvalue weighted by atomic mass is 19.4. The molecule has 0 spiro atoms. The van der Waals surface area contributed by atoms with E-state index in [9.17, 15) is 18.0 Å². The van der Waals surface area contributed by atoms with Crippen LogP contribution in [0.3, 0.4) is 0 Å². The molecule has 2 aromatic heterocycles. The van der Waals surface area contributed by atoms with Gasteiger partial charge in [-0.05, 0) is 68.8 Å². The second-order valence-electron chi connectivity index (χ2n) is 9.27. The van der Waals surface area contributed by atoms with Crippen LogP contribution in [-0.2, 0) is 6.18 Å². The van der Waals surface area contributed by atoms with E-state index in [-0.39, 0.29) is 35.0 Å². The highest BCUT2D eigenvalue weighted by Gasteiger charge is 2.33. The van der Waals surface area contributed by atoms with Crippen LogP contribution in [0.25, 0.3) is 10.9 Å². The first kappa shape index (κ1) is 24.6. The van der Waals surface area contributed by atoms with Gasteiger partial charge in [-0.3, -0.25) is 9.89 Å². The summed E-state index contributed by atoms with van der Waals surface area (Å²) in [5, 5.41) is 16.8. The molecule has 37 heavy (non-hydrogen) atoms. The lowest BCUT2D eigenvalue weighted by Crippen LogP contribution is -2.42. The van der Waals surface area contributed by atoms with E-state index >= 15 is 0 Å². The summed E-state index contributed by atoms with van der Waals surface area (Å²) in [5.74, 6) is -0.340. The lowest BCUT2D eigenvalue weighted by molar-refractivity contribution is -0.137. The molecule has 0 aliphatic carbocycles. The zero-order valence-corrected chi connectivity index (χ0v) is 19.9. The Hall–Kier alpha value is -4.12. The number of rotatable bonds is 7. The number of fused-ring (bicyclic) bond motifs is 1. The number of H-pyrrole nitrogens is 1. The van der Waals surface area contributed by atoms with Crippen molar-refractivity contribution in [3.05, 3.63) is 72.1 Å². The Morgan fingerprint density at radius 1 is 1.16 bits per heavy atom. The number of hydrogen-bond donors (Lipinski definition) is 4. The highest BCUT2D eigenvalue weighted by molar-refractivity contribution is 6.08. The van der Waals surface area contributed by atoms with Crippen LogP contribution in [-0.4, -0.2) is 39.8 Å². The Bertz CT molecular complexity index is 1430. The molecule has 1 atom stereocenters. The Morgan fingerprint density at radius 2 is 2.03 bits per heavy atom. The van der Waals surface area contributed by atoms with Crippen molar-refractivity contribution in [3.8, 4) is 5.75 Å². The minimum Gasteiger partial charge on any atom is -0.492 e. The molecule has 4 aromatic rings. The number of benzene rings is 2. The molecule has 1 aliphatic heterocycles. The van der Waals surface area contributed by atoms with Gasteiger partial charge in [-0.15, -0.1) is 0 Å². The molecule has 0 radical (unpaired) electrons. The molecule has 2 aromatic carbocycles. The van der Waals surface area contributed by atoms with Gasteiger partial charge in [0, 0.05) is 34.6 Å². The second-order valence-corrected chi connectivity index (χ2v) is 9.27. The van der Waals surface area contributed by atoms with Crippen LogP contribution in [0.4, 0.5) is 30.4 Å². The van der Waals surface area contributed by atoms with Gasteiger partial charge >= 0.3 is 6.18 Å². The molecule has 11 heteroatoms. The normalized spacial score (nSPS) is 17.6. The van der Waals surface area contributed by atoms with Crippen molar-refractivity contribution in [1.82, 2.24) is 20.5 Å². The molecule has 1 saturated heterocycles. The first-order valence-electron chi connectivity index (χ1n) is 11.8. The molecule has 4 N–H and O–H groups in total. The molecule has 1 unspecified atom stereocenters. The number of hydrogen-bond acceptors (Lipinski definition) is 6. The van der Waals surface area contributed by atoms with E-state index < -0.39 is 17.6 Å². The van der Waals surface area contributed by atoms with Gasteiger partial charge in [0.1, 0.15) is 18.2 Å². The number of ether oxygens (including phenoxy) is 1. The van der Waals surface area contributed by atoms with Crippen LogP contribution < -0.4 is 20.7 Å². The van der Waals surface area contributed by atoms with Crippen molar-refractivity contribution in [2.24, 2.45) is 0 Å². The number of alkyl halides is 3. The minimum absolute atomic E-state index is 0.0254.